The first-order valence-electron chi connectivity index (χ1n) is 12.8. The number of fused-ring (bicyclic) bond motifs is 1. The summed E-state index contributed by atoms with van der Waals surface area (Å²) in [6.07, 6.45) is 3.64. The molecule has 194 valence electrons. The van der Waals surface area contributed by atoms with Crippen molar-refractivity contribution >= 4 is 28.4 Å². The third kappa shape index (κ3) is 5.70. The molecule has 1 atom stereocenters. The molecule has 0 saturated heterocycles. The number of carbonyl (C=O) groups is 2. The van der Waals surface area contributed by atoms with Gasteiger partial charge in [0.25, 0.3) is 11.8 Å². The molecule has 0 spiro atoms. The molecule has 2 aromatic carbocycles. The molecule has 4 rings (SSSR count). The second kappa shape index (κ2) is 11.2. The largest absolute Gasteiger partial charge is 0.351 e. The Labute approximate surface area is 218 Å². The number of aliphatic imine (C=N–C) groups is 1. The van der Waals surface area contributed by atoms with Crippen molar-refractivity contribution in [2.45, 2.75) is 47.2 Å². The summed E-state index contributed by atoms with van der Waals surface area (Å²) < 4.78 is 1.94. The molecule has 0 saturated carbocycles. The summed E-state index contributed by atoms with van der Waals surface area (Å²) in [5, 5.41) is 11.7. The number of rotatable bonds is 9. The highest BCUT2D eigenvalue weighted by molar-refractivity contribution is 6.09. The minimum atomic E-state index is -0.454. The van der Waals surface area contributed by atoms with Gasteiger partial charge >= 0.3 is 0 Å². The Kier molecular flexibility index (Phi) is 8.00. The van der Waals surface area contributed by atoms with Gasteiger partial charge in [-0.3, -0.25) is 14.3 Å². The number of nitrogens with two attached hydrogens (primary N) is 1. The average molecular weight is 501 g/mol. The summed E-state index contributed by atoms with van der Waals surface area (Å²) in [5.74, 6) is -0.912. The summed E-state index contributed by atoms with van der Waals surface area (Å²) in [7, 11) is 0. The Bertz CT molecular complexity index is 1400. The third-order valence-corrected chi connectivity index (χ3v) is 6.75. The Balaban J connectivity index is 1.71. The number of allylic oxidation sites excluding steroid dienone is 1. The van der Waals surface area contributed by atoms with Crippen LogP contribution in [0.4, 0.5) is 0 Å². The summed E-state index contributed by atoms with van der Waals surface area (Å²) in [6, 6.07) is 10.5. The summed E-state index contributed by atoms with van der Waals surface area (Å²) in [4.78, 5) is 30.0. The average Bonchev–Trinajstić information content (AvgIpc) is 3.28. The van der Waals surface area contributed by atoms with Crippen LogP contribution in [0.2, 0.25) is 0 Å². The maximum absolute atomic E-state index is 13.5. The fraction of sp³-hybridized carbons (Fsp3) is 0.379. The maximum Gasteiger partial charge on any atom is 0.254 e. The van der Waals surface area contributed by atoms with Gasteiger partial charge in [0.15, 0.2) is 0 Å². The lowest BCUT2D eigenvalue weighted by Gasteiger charge is -2.19. The van der Waals surface area contributed by atoms with E-state index in [1.54, 1.807) is 13.1 Å². The van der Waals surface area contributed by atoms with Crippen molar-refractivity contribution in [2.75, 3.05) is 19.6 Å². The van der Waals surface area contributed by atoms with Crippen molar-refractivity contribution in [2.24, 2.45) is 16.6 Å². The van der Waals surface area contributed by atoms with Crippen LogP contribution in [0, 0.1) is 12.8 Å². The Morgan fingerprint density at radius 2 is 1.95 bits per heavy atom. The van der Waals surface area contributed by atoms with E-state index in [4.69, 9.17) is 5.73 Å². The van der Waals surface area contributed by atoms with Crippen LogP contribution in [0.1, 0.15) is 55.2 Å². The molecule has 2 amide bonds. The molecule has 4 N–H and O–H groups in total. The lowest BCUT2D eigenvalue weighted by molar-refractivity contribution is -0.120. The van der Waals surface area contributed by atoms with Crippen LogP contribution >= 0.6 is 0 Å². The first kappa shape index (κ1) is 26.4. The number of amides is 2. The number of hydrogen-bond acceptors (Lipinski definition) is 5. The van der Waals surface area contributed by atoms with Gasteiger partial charge in [0, 0.05) is 43.3 Å². The molecule has 37 heavy (non-hydrogen) atoms. The molecule has 0 fully saturated rings. The summed E-state index contributed by atoms with van der Waals surface area (Å²) in [6.45, 7) is 12.2. The van der Waals surface area contributed by atoms with Crippen molar-refractivity contribution in [3.63, 3.8) is 0 Å². The van der Waals surface area contributed by atoms with Crippen LogP contribution in [0.15, 0.2) is 53.2 Å². The van der Waals surface area contributed by atoms with Crippen LogP contribution in [0.25, 0.3) is 22.0 Å². The standard InChI is InChI=1S/C29H36N6O2/c1-17(2)35-27-13-22(23-11-21(7-6-18(23)3)14-31-9-8-30)12-24(26(27)16-33-35)28(36)32-15-25-19(4)10-20(5)34-29(25)37/h6-7,10-13,16-17,25,31H,8-9,14-15,30H2,1-5H3,(H,32,36). The molecular formula is C29H36N6O2. The molecule has 1 aliphatic rings. The van der Waals surface area contributed by atoms with Crippen molar-refractivity contribution < 1.29 is 9.59 Å². The number of aryl methyl sites for hydroxylation is 1. The smallest absolute Gasteiger partial charge is 0.254 e. The van der Waals surface area contributed by atoms with Gasteiger partial charge in [0.2, 0.25) is 0 Å². The maximum atomic E-state index is 13.5. The minimum Gasteiger partial charge on any atom is -0.351 e. The Morgan fingerprint density at radius 3 is 2.65 bits per heavy atom. The van der Waals surface area contributed by atoms with Gasteiger partial charge < -0.3 is 16.4 Å². The van der Waals surface area contributed by atoms with Crippen LogP contribution in [0.3, 0.4) is 0 Å². The molecule has 8 heteroatoms. The molecule has 8 nitrogen and oxygen atoms in total. The highest BCUT2D eigenvalue weighted by atomic mass is 16.2. The Morgan fingerprint density at radius 1 is 1.16 bits per heavy atom. The topological polar surface area (TPSA) is 114 Å². The van der Waals surface area contributed by atoms with Crippen molar-refractivity contribution in [3.05, 3.63) is 64.9 Å². The number of hydrogen-bond donors (Lipinski definition) is 3. The van der Waals surface area contributed by atoms with Crippen molar-refractivity contribution in [1.29, 1.82) is 0 Å². The zero-order chi connectivity index (χ0) is 26.7. The monoisotopic (exact) mass is 500 g/mol. The highest BCUT2D eigenvalue weighted by Crippen LogP contribution is 2.32. The molecular weight excluding hydrogens is 464 g/mol. The van der Waals surface area contributed by atoms with Gasteiger partial charge in [-0.2, -0.15) is 5.10 Å². The van der Waals surface area contributed by atoms with Gasteiger partial charge in [-0.25, -0.2) is 4.99 Å². The van der Waals surface area contributed by atoms with E-state index in [9.17, 15) is 9.59 Å². The number of dihydropyridines is 1. The highest BCUT2D eigenvalue weighted by Gasteiger charge is 2.25. The molecule has 3 aromatic rings. The fourth-order valence-corrected chi connectivity index (χ4v) is 4.77. The van der Waals surface area contributed by atoms with Gasteiger partial charge in [-0.1, -0.05) is 17.7 Å². The van der Waals surface area contributed by atoms with Gasteiger partial charge in [0.05, 0.1) is 23.2 Å². The normalized spacial score (nSPS) is 15.8. The first-order valence-corrected chi connectivity index (χ1v) is 12.8. The lowest BCUT2D eigenvalue weighted by Crippen LogP contribution is -2.34. The Hall–Kier alpha value is -3.62. The fourth-order valence-electron chi connectivity index (χ4n) is 4.77. The first-order chi connectivity index (χ1) is 17.7. The number of carbonyl (C=O) groups excluding carboxylic acids is 2. The quantitative estimate of drug-likeness (QED) is 0.385. The summed E-state index contributed by atoms with van der Waals surface area (Å²) >= 11 is 0. The molecule has 2 heterocycles. The third-order valence-electron chi connectivity index (χ3n) is 6.75. The van der Waals surface area contributed by atoms with E-state index in [0.717, 1.165) is 45.3 Å². The minimum absolute atomic E-state index is 0.130. The SMILES string of the molecule is CC1=CC(C)=NC(=O)C1CNC(=O)c1cc(-c2cc(CNCCN)ccc2C)cc2c1cnn2C(C)C. The van der Waals surface area contributed by atoms with Gasteiger partial charge in [0.1, 0.15) is 0 Å². The van der Waals surface area contributed by atoms with Gasteiger partial charge in [-0.15, -0.1) is 0 Å². The van der Waals surface area contributed by atoms with Crippen LogP contribution in [-0.2, 0) is 11.3 Å². The predicted molar refractivity (Wildman–Crippen MR) is 149 cm³/mol. The van der Waals surface area contributed by atoms with E-state index >= 15 is 0 Å². The summed E-state index contributed by atoms with van der Waals surface area (Å²) in [5.41, 5.74) is 12.9. The predicted octanol–water partition coefficient (Wildman–Crippen LogP) is 3.93. The number of aromatic nitrogens is 2. The molecule has 1 unspecified atom stereocenters. The molecule has 0 radical (unpaired) electrons. The van der Waals surface area contributed by atoms with E-state index in [0.29, 0.717) is 24.4 Å². The number of benzene rings is 2. The van der Waals surface area contributed by atoms with Crippen LogP contribution < -0.4 is 16.4 Å². The van der Waals surface area contributed by atoms with Crippen molar-refractivity contribution in [3.8, 4) is 11.1 Å². The van der Waals surface area contributed by atoms with Crippen LogP contribution in [-0.4, -0.2) is 46.9 Å². The number of nitrogens with one attached hydrogen (secondary N) is 2. The molecule has 1 aromatic heterocycles. The zero-order valence-corrected chi connectivity index (χ0v) is 22.3. The van der Waals surface area contributed by atoms with Gasteiger partial charge in [-0.05, 0) is 81.1 Å². The second-order valence-electron chi connectivity index (χ2n) is 10.00. The molecule has 0 bridgehead atoms. The lowest BCUT2D eigenvalue weighted by atomic mass is 9.94. The van der Waals surface area contributed by atoms with E-state index in [2.05, 4.69) is 65.8 Å². The molecule has 0 aliphatic carbocycles. The zero-order valence-electron chi connectivity index (χ0n) is 22.3. The second-order valence-corrected chi connectivity index (χ2v) is 10.00. The van der Waals surface area contributed by atoms with E-state index in [-0.39, 0.29) is 24.4 Å². The van der Waals surface area contributed by atoms with Crippen LogP contribution in [0.5, 0.6) is 0 Å². The van der Waals surface area contributed by atoms with E-state index < -0.39 is 5.92 Å². The molecule has 1 aliphatic heterocycles. The number of nitrogens with zero attached hydrogens (tertiary/aromatic N) is 3. The van der Waals surface area contributed by atoms with E-state index in [1.165, 1.54) is 0 Å². The van der Waals surface area contributed by atoms with Crippen molar-refractivity contribution in [1.82, 2.24) is 20.4 Å². The van der Waals surface area contributed by atoms with E-state index in [1.807, 2.05) is 23.7 Å².